The average molecular weight is 308 g/mol. The predicted octanol–water partition coefficient (Wildman–Crippen LogP) is 2.91. The highest BCUT2D eigenvalue weighted by molar-refractivity contribution is 6.31. The summed E-state index contributed by atoms with van der Waals surface area (Å²) < 4.78 is 2.10. The first-order valence-electron chi connectivity index (χ1n) is 7.65. The van der Waals surface area contributed by atoms with Gasteiger partial charge in [-0.3, -0.25) is 4.90 Å². The largest absolute Gasteiger partial charge is 0.395 e. The fraction of sp³-hybridized carbons (Fsp3) is 0.562. The van der Waals surface area contributed by atoms with Crippen molar-refractivity contribution in [1.82, 2.24) is 14.5 Å². The van der Waals surface area contributed by atoms with Crippen LogP contribution < -0.4 is 0 Å². The van der Waals surface area contributed by atoms with E-state index in [9.17, 15) is 5.11 Å². The van der Waals surface area contributed by atoms with E-state index in [1.165, 1.54) is 12.8 Å². The quantitative estimate of drug-likeness (QED) is 0.944. The van der Waals surface area contributed by atoms with Gasteiger partial charge in [0.1, 0.15) is 5.82 Å². The van der Waals surface area contributed by atoms with E-state index in [0.29, 0.717) is 11.6 Å². The van der Waals surface area contributed by atoms with E-state index in [2.05, 4.69) is 16.4 Å². The molecule has 1 fully saturated rings. The van der Waals surface area contributed by atoms with Crippen LogP contribution in [-0.2, 0) is 13.1 Å². The van der Waals surface area contributed by atoms with Gasteiger partial charge in [-0.15, -0.1) is 0 Å². The Morgan fingerprint density at radius 3 is 2.81 bits per heavy atom. The van der Waals surface area contributed by atoms with Gasteiger partial charge in [-0.2, -0.15) is 0 Å². The van der Waals surface area contributed by atoms with Gasteiger partial charge in [-0.1, -0.05) is 18.5 Å². The minimum atomic E-state index is 0.113. The molecule has 2 heterocycles. The summed E-state index contributed by atoms with van der Waals surface area (Å²) in [6.45, 7) is 6.10. The Bertz CT molecular complexity index is 617. The highest BCUT2D eigenvalue weighted by Gasteiger charge is 2.19. The topological polar surface area (TPSA) is 41.3 Å². The first-order valence-corrected chi connectivity index (χ1v) is 8.03. The number of benzene rings is 1. The number of fused-ring (bicyclic) bond motifs is 1. The molecule has 4 nitrogen and oxygen atoms in total. The summed E-state index contributed by atoms with van der Waals surface area (Å²) in [5, 5.41) is 10.0. The average Bonchev–Trinajstić information content (AvgIpc) is 2.79. The van der Waals surface area contributed by atoms with Gasteiger partial charge in [0, 0.05) is 11.6 Å². The molecule has 0 bridgehead atoms. The number of likely N-dealkylation sites (tertiary alicyclic amines) is 1. The van der Waals surface area contributed by atoms with Crippen LogP contribution in [0.25, 0.3) is 11.0 Å². The Balaban J connectivity index is 1.88. The molecule has 1 aliphatic rings. The van der Waals surface area contributed by atoms with Crippen molar-refractivity contribution in [2.45, 2.75) is 32.9 Å². The summed E-state index contributed by atoms with van der Waals surface area (Å²) >= 11 is 6.09. The number of halogens is 1. The first kappa shape index (κ1) is 14.8. The van der Waals surface area contributed by atoms with E-state index in [1.807, 2.05) is 18.2 Å². The van der Waals surface area contributed by atoms with Crippen LogP contribution in [0.4, 0.5) is 0 Å². The monoisotopic (exact) mass is 307 g/mol. The molecule has 1 aliphatic heterocycles. The molecule has 1 aromatic heterocycles. The molecule has 5 heteroatoms. The molecule has 0 amide bonds. The van der Waals surface area contributed by atoms with E-state index in [0.717, 1.165) is 42.4 Å². The molecular formula is C16H22ClN3O. The van der Waals surface area contributed by atoms with Crippen molar-refractivity contribution in [3.05, 3.63) is 29.0 Å². The van der Waals surface area contributed by atoms with E-state index in [-0.39, 0.29) is 6.61 Å². The zero-order valence-electron chi connectivity index (χ0n) is 12.4. The molecule has 0 saturated carbocycles. The number of hydrogen-bond acceptors (Lipinski definition) is 3. The fourth-order valence-electron chi connectivity index (χ4n) is 3.04. The number of hydrogen-bond donors (Lipinski definition) is 1. The third kappa shape index (κ3) is 3.23. The van der Waals surface area contributed by atoms with Crippen molar-refractivity contribution in [2.24, 2.45) is 5.92 Å². The summed E-state index contributed by atoms with van der Waals surface area (Å²) in [7, 11) is 0. The van der Waals surface area contributed by atoms with Crippen LogP contribution in [0, 0.1) is 5.92 Å². The van der Waals surface area contributed by atoms with Gasteiger partial charge in [-0.25, -0.2) is 4.98 Å². The fourth-order valence-corrected chi connectivity index (χ4v) is 3.20. The maximum atomic E-state index is 9.34. The number of rotatable bonds is 4. The maximum Gasteiger partial charge on any atom is 0.124 e. The lowest BCUT2D eigenvalue weighted by Gasteiger charge is -2.29. The van der Waals surface area contributed by atoms with Gasteiger partial charge < -0.3 is 9.67 Å². The number of aliphatic hydroxyl groups excluding tert-OH is 1. The standard InChI is InChI=1S/C16H22ClN3O/c1-12-4-6-19(7-5-12)11-16-18-14-3-2-13(17)10-15(14)20(16)8-9-21/h2-3,10,12,21H,4-9,11H2,1H3. The van der Waals surface area contributed by atoms with Gasteiger partial charge >= 0.3 is 0 Å². The SMILES string of the molecule is CC1CCN(Cc2nc3ccc(Cl)cc3n2CCO)CC1. The molecule has 0 unspecified atom stereocenters. The number of nitrogens with zero attached hydrogens (tertiary/aromatic N) is 3. The zero-order chi connectivity index (χ0) is 14.8. The van der Waals surface area contributed by atoms with Crippen LogP contribution in [0.2, 0.25) is 5.02 Å². The minimum Gasteiger partial charge on any atom is -0.395 e. The zero-order valence-corrected chi connectivity index (χ0v) is 13.2. The molecule has 3 rings (SSSR count). The molecule has 0 aliphatic carbocycles. The summed E-state index contributed by atoms with van der Waals surface area (Å²) in [5.74, 6) is 1.85. The summed E-state index contributed by atoms with van der Waals surface area (Å²) in [6, 6.07) is 5.75. The van der Waals surface area contributed by atoms with Crippen molar-refractivity contribution >= 4 is 22.6 Å². The number of piperidine rings is 1. The Morgan fingerprint density at radius 1 is 1.33 bits per heavy atom. The van der Waals surface area contributed by atoms with Gasteiger partial charge in [-0.05, 0) is 50.0 Å². The van der Waals surface area contributed by atoms with E-state index >= 15 is 0 Å². The van der Waals surface area contributed by atoms with Crippen LogP contribution in [0.15, 0.2) is 18.2 Å². The highest BCUT2D eigenvalue weighted by Crippen LogP contribution is 2.23. The molecule has 0 spiro atoms. The molecular weight excluding hydrogens is 286 g/mol. The Kier molecular flexibility index (Phi) is 4.48. The molecule has 2 aromatic rings. The lowest BCUT2D eigenvalue weighted by Crippen LogP contribution is -2.33. The van der Waals surface area contributed by atoms with Crippen LogP contribution in [0.1, 0.15) is 25.6 Å². The van der Waals surface area contributed by atoms with Crippen molar-refractivity contribution in [1.29, 1.82) is 0 Å². The second kappa shape index (κ2) is 6.34. The highest BCUT2D eigenvalue weighted by atomic mass is 35.5. The van der Waals surface area contributed by atoms with E-state index < -0.39 is 0 Å². The lowest BCUT2D eigenvalue weighted by molar-refractivity contribution is 0.178. The van der Waals surface area contributed by atoms with Gasteiger partial charge in [0.15, 0.2) is 0 Å². The third-order valence-corrected chi connectivity index (χ3v) is 4.59. The molecule has 1 saturated heterocycles. The van der Waals surface area contributed by atoms with Crippen LogP contribution in [-0.4, -0.2) is 39.3 Å². The minimum absolute atomic E-state index is 0.113. The smallest absolute Gasteiger partial charge is 0.124 e. The maximum absolute atomic E-state index is 9.34. The van der Waals surface area contributed by atoms with Crippen LogP contribution in [0.5, 0.6) is 0 Å². The number of aromatic nitrogens is 2. The third-order valence-electron chi connectivity index (χ3n) is 4.35. The molecule has 1 aromatic carbocycles. The van der Waals surface area contributed by atoms with Crippen molar-refractivity contribution in [3.63, 3.8) is 0 Å². The summed E-state index contributed by atoms with van der Waals surface area (Å²) in [6.07, 6.45) is 2.51. The van der Waals surface area contributed by atoms with Crippen molar-refractivity contribution in [2.75, 3.05) is 19.7 Å². The second-order valence-electron chi connectivity index (χ2n) is 5.99. The second-order valence-corrected chi connectivity index (χ2v) is 6.43. The van der Waals surface area contributed by atoms with Gasteiger partial charge in [0.25, 0.3) is 0 Å². The molecule has 0 atom stereocenters. The predicted molar refractivity (Wildman–Crippen MR) is 85.5 cm³/mol. The number of aliphatic hydroxyl groups is 1. The number of imidazole rings is 1. The molecule has 114 valence electrons. The van der Waals surface area contributed by atoms with Crippen LogP contribution in [0.3, 0.4) is 0 Å². The van der Waals surface area contributed by atoms with E-state index in [1.54, 1.807) is 0 Å². The van der Waals surface area contributed by atoms with Crippen molar-refractivity contribution < 1.29 is 5.11 Å². The van der Waals surface area contributed by atoms with E-state index in [4.69, 9.17) is 16.6 Å². The first-order chi connectivity index (χ1) is 10.2. The summed E-state index contributed by atoms with van der Waals surface area (Å²) in [5.41, 5.74) is 1.96. The lowest BCUT2D eigenvalue weighted by atomic mass is 9.99. The Labute approximate surface area is 130 Å². The van der Waals surface area contributed by atoms with Crippen molar-refractivity contribution in [3.8, 4) is 0 Å². The molecule has 21 heavy (non-hydrogen) atoms. The molecule has 1 N–H and O–H groups in total. The Hall–Kier alpha value is -1.10. The summed E-state index contributed by atoms with van der Waals surface area (Å²) in [4.78, 5) is 7.19. The van der Waals surface area contributed by atoms with Crippen LogP contribution >= 0.6 is 11.6 Å². The Morgan fingerprint density at radius 2 is 2.10 bits per heavy atom. The molecule has 0 radical (unpaired) electrons. The normalized spacial score (nSPS) is 17.7. The van der Waals surface area contributed by atoms with Gasteiger partial charge in [0.2, 0.25) is 0 Å². The van der Waals surface area contributed by atoms with Gasteiger partial charge in [0.05, 0.1) is 24.2 Å².